The second-order valence-corrected chi connectivity index (χ2v) is 5.33. The number of carbonyl (C=O) groups excluding carboxylic acids is 1. The zero-order valence-electron chi connectivity index (χ0n) is 11.4. The van der Waals surface area contributed by atoms with Crippen LogP contribution in [0.2, 0.25) is 0 Å². The Morgan fingerprint density at radius 2 is 2.21 bits per heavy atom. The Bertz CT molecular complexity index is 424. The molecule has 2 N–H and O–H groups in total. The average molecular weight is 329 g/mol. The Morgan fingerprint density at radius 1 is 1.47 bits per heavy atom. The fourth-order valence-corrected chi connectivity index (χ4v) is 2.35. The first-order chi connectivity index (χ1) is 9.06. The van der Waals surface area contributed by atoms with Gasteiger partial charge in [0.25, 0.3) is 0 Å². The van der Waals surface area contributed by atoms with Crippen LogP contribution in [0.25, 0.3) is 0 Å². The van der Waals surface area contributed by atoms with Crippen molar-refractivity contribution < 1.29 is 9.90 Å². The van der Waals surface area contributed by atoms with Crippen molar-refractivity contribution in [1.29, 1.82) is 0 Å². The summed E-state index contributed by atoms with van der Waals surface area (Å²) in [4.78, 5) is 14.0. The Hall–Kier alpha value is -0.910. The van der Waals surface area contributed by atoms with Crippen molar-refractivity contribution in [2.45, 2.75) is 20.3 Å². The first-order valence-corrected chi connectivity index (χ1v) is 7.25. The van der Waals surface area contributed by atoms with Crippen LogP contribution in [0.15, 0.2) is 22.7 Å². The molecule has 4 nitrogen and oxygen atoms in total. The van der Waals surface area contributed by atoms with Crippen LogP contribution in [0.5, 0.6) is 0 Å². The van der Waals surface area contributed by atoms with Crippen LogP contribution in [-0.4, -0.2) is 42.2 Å². The molecular formula is C14H21BrN2O2. The number of carbonyl (C=O) groups is 1. The highest BCUT2D eigenvalue weighted by molar-refractivity contribution is 9.10. The Kier molecular flexibility index (Phi) is 7.05. The van der Waals surface area contributed by atoms with Gasteiger partial charge in [-0.05, 0) is 53.5 Å². The molecular weight excluding hydrogens is 308 g/mol. The maximum absolute atomic E-state index is 11.9. The Morgan fingerprint density at radius 3 is 2.79 bits per heavy atom. The van der Waals surface area contributed by atoms with E-state index in [9.17, 15) is 4.79 Å². The number of hydrogen-bond donors (Lipinski definition) is 2. The van der Waals surface area contributed by atoms with Gasteiger partial charge in [0.15, 0.2) is 0 Å². The van der Waals surface area contributed by atoms with Gasteiger partial charge in [0.05, 0.1) is 12.2 Å². The summed E-state index contributed by atoms with van der Waals surface area (Å²) in [5, 5.41) is 11.7. The van der Waals surface area contributed by atoms with Gasteiger partial charge >= 0.3 is 0 Å². The molecule has 0 saturated heterocycles. The van der Waals surface area contributed by atoms with Gasteiger partial charge in [0.2, 0.25) is 5.91 Å². The number of halogens is 1. The predicted molar refractivity (Wildman–Crippen MR) is 81.3 cm³/mol. The molecule has 19 heavy (non-hydrogen) atoms. The van der Waals surface area contributed by atoms with Crippen molar-refractivity contribution in [3.05, 3.63) is 28.2 Å². The average Bonchev–Trinajstić information content (AvgIpc) is 2.38. The lowest BCUT2D eigenvalue weighted by atomic mass is 10.2. The normalized spacial score (nSPS) is 10.8. The molecule has 0 aliphatic carbocycles. The number of hydrogen-bond acceptors (Lipinski definition) is 3. The van der Waals surface area contributed by atoms with Gasteiger partial charge in [0, 0.05) is 17.6 Å². The molecule has 0 unspecified atom stereocenters. The number of rotatable bonds is 7. The summed E-state index contributed by atoms with van der Waals surface area (Å²) in [6, 6.07) is 5.82. The Balaban J connectivity index is 2.54. The van der Waals surface area contributed by atoms with E-state index in [4.69, 9.17) is 5.11 Å². The summed E-state index contributed by atoms with van der Waals surface area (Å²) < 4.78 is 0.888. The lowest BCUT2D eigenvalue weighted by molar-refractivity contribution is -0.117. The lowest BCUT2D eigenvalue weighted by Gasteiger charge is -2.19. The number of likely N-dealkylation sites (N-methyl/N-ethyl adjacent to an activating group) is 1. The number of nitrogens with one attached hydrogen (secondary N) is 1. The summed E-state index contributed by atoms with van der Waals surface area (Å²) >= 11 is 3.44. The van der Waals surface area contributed by atoms with E-state index in [1.54, 1.807) is 0 Å². The van der Waals surface area contributed by atoms with Gasteiger partial charge in [-0.25, -0.2) is 0 Å². The van der Waals surface area contributed by atoms with Gasteiger partial charge < -0.3 is 10.4 Å². The summed E-state index contributed by atoms with van der Waals surface area (Å²) in [6.45, 7) is 6.03. The molecule has 0 radical (unpaired) electrons. The van der Waals surface area contributed by atoms with E-state index in [0.717, 1.165) is 28.8 Å². The third-order valence-electron chi connectivity index (χ3n) is 2.85. The smallest absolute Gasteiger partial charge is 0.238 e. The van der Waals surface area contributed by atoms with E-state index in [2.05, 4.69) is 21.2 Å². The predicted octanol–water partition coefficient (Wildman–Crippen LogP) is 2.40. The second kappa shape index (κ2) is 8.30. The maximum Gasteiger partial charge on any atom is 0.238 e. The third kappa shape index (κ3) is 5.72. The van der Waals surface area contributed by atoms with Crippen LogP contribution in [0.3, 0.4) is 0 Å². The van der Waals surface area contributed by atoms with E-state index in [0.29, 0.717) is 13.0 Å². The minimum Gasteiger partial charge on any atom is -0.396 e. The summed E-state index contributed by atoms with van der Waals surface area (Å²) in [6.07, 6.45) is 0.690. The minimum absolute atomic E-state index is 0.0376. The van der Waals surface area contributed by atoms with Crippen molar-refractivity contribution in [2.75, 3.05) is 31.6 Å². The largest absolute Gasteiger partial charge is 0.396 e. The standard InChI is InChI=1S/C14H21BrN2O2/c1-3-17(7-4-8-18)10-14(19)16-13-6-5-11(2)9-12(13)15/h5-6,9,18H,3-4,7-8,10H2,1-2H3,(H,16,19). The molecule has 0 bridgehead atoms. The van der Waals surface area contributed by atoms with Crippen LogP contribution in [0.4, 0.5) is 5.69 Å². The van der Waals surface area contributed by atoms with E-state index >= 15 is 0 Å². The number of benzene rings is 1. The molecule has 0 aromatic heterocycles. The van der Waals surface area contributed by atoms with Crippen LogP contribution < -0.4 is 5.32 Å². The summed E-state index contributed by atoms with van der Waals surface area (Å²) in [5.41, 5.74) is 1.93. The topological polar surface area (TPSA) is 52.6 Å². The zero-order valence-corrected chi connectivity index (χ0v) is 13.0. The van der Waals surface area contributed by atoms with Crippen LogP contribution in [0, 0.1) is 6.92 Å². The van der Waals surface area contributed by atoms with Crippen LogP contribution >= 0.6 is 15.9 Å². The fraction of sp³-hybridized carbons (Fsp3) is 0.500. The first kappa shape index (κ1) is 16.1. The molecule has 5 heteroatoms. The van der Waals surface area contributed by atoms with Gasteiger partial charge in [0.1, 0.15) is 0 Å². The quantitative estimate of drug-likeness (QED) is 0.808. The summed E-state index contributed by atoms with van der Waals surface area (Å²) in [5.74, 6) is -0.0376. The van der Waals surface area contributed by atoms with E-state index < -0.39 is 0 Å². The fourth-order valence-electron chi connectivity index (χ4n) is 1.76. The highest BCUT2D eigenvalue weighted by atomic mass is 79.9. The van der Waals surface area contributed by atoms with Gasteiger partial charge in [-0.15, -0.1) is 0 Å². The molecule has 0 heterocycles. The lowest BCUT2D eigenvalue weighted by Crippen LogP contribution is -2.34. The molecule has 1 aromatic carbocycles. The van der Waals surface area contributed by atoms with Crippen molar-refractivity contribution in [3.8, 4) is 0 Å². The molecule has 0 aliphatic heterocycles. The monoisotopic (exact) mass is 328 g/mol. The molecule has 106 valence electrons. The van der Waals surface area contributed by atoms with Gasteiger partial charge in [-0.1, -0.05) is 13.0 Å². The first-order valence-electron chi connectivity index (χ1n) is 6.46. The van der Waals surface area contributed by atoms with Crippen molar-refractivity contribution in [2.24, 2.45) is 0 Å². The van der Waals surface area contributed by atoms with Gasteiger partial charge in [-0.3, -0.25) is 9.69 Å². The Labute approximate surface area is 122 Å². The molecule has 0 atom stereocenters. The number of nitrogens with zero attached hydrogens (tertiary/aromatic N) is 1. The van der Waals surface area contributed by atoms with E-state index in [-0.39, 0.29) is 12.5 Å². The number of aliphatic hydroxyl groups is 1. The van der Waals surface area contributed by atoms with Crippen LogP contribution in [0.1, 0.15) is 18.9 Å². The van der Waals surface area contributed by atoms with Crippen molar-refractivity contribution in [1.82, 2.24) is 4.90 Å². The SMILES string of the molecule is CCN(CCCO)CC(=O)Nc1ccc(C)cc1Br. The van der Waals surface area contributed by atoms with Crippen molar-refractivity contribution in [3.63, 3.8) is 0 Å². The van der Waals surface area contributed by atoms with Crippen LogP contribution in [-0.2, 0) is 4.79 Å². The highest BCUT2D eigenvalue weighted by Crippen LogP contribution is 2.23. The van der Waals surface area contributed by atoms with Crippen molar-refractivity contribution >= 4 is 27.5 Å². The molecule has 0 saturated carbocycles. The molecule has 1 aromatic rings. The maximum atomic E-state index is 11.9. The number of aryl methyl sites for hydroxylation is 1. The molecule has 1 amide bonds. The molecule has 0 aliphatic rings. The minimum atomic E-state index is -0.0376. The zero-order chi connectivity index (χ0) is 14.3. The summed E-state index contributed by atoms with van der Waals surface area (Å²) in [7, 11) is 0. The number of amides is 1. The molecule has 1 rings (SSSR count). The highest BCUT2D eigenvalue weighted by Gasteiger charge is 2.10. The van der Waals surface area contributed by atoms with Gasteiger partial charge in [-0.2, -0.15) is 0 Å². The second-order valence-electron chi connectivity index (χ2n) is 4.48. The molecule has 0 spiro atoms. The number of aliphatic hydroxyl groups excluding tert-OH is 1. The number of anilines is 1. The third-order valence-corrected chi connectivity index (χ3v) is 3.50. The molecule has 0 fully saturated rings. The van der Waals surface area contributed by atoms with E-state index in [1.165, 1.54) is 0 Å². The van der Waals surface area contributed by atoms with E-state index in [1.807, 2.05) is 36.9 Å².